The molecule has 0 bridgehead atoms. The molecule has 0 fully saturated rings. The number of halogens is 3. The van der Waals surface area contributed by atoms with E-state index in [2.05, 4.69) is 59.9 Å². The fraction of sp³-hybridized carbons (Fsp3) is 0.500. The molecule has 0 aliphatic carbocycles. The molecule has 1 rings (SSSR count). The van der Waals surface area contributed by atoms with E-state index < -0.39 is 11.9 Å². The van der Waals surface area contributed by atoms with Crippen LogP contribution in [0.1, 0.15) is 12.7 Å². The molecular weight excluding hydrogens is 481 g/mol. The van der Waals surface area contributed by atoms with Crippen molar-refractivity contribution in [3.8, 4) is 0 Å². The molecule has 0 aliphatic heterocycles. The van der Waals surface area contributed by atoms with E-state index in [1.807, 2.05) is 6.20 Å². The summed E-state index contributed by atoms with van der Waals surface area (Å²) in [5, 5.41) is 0. The van der Waals surface area contributed by atoms with Gasteiger partial charge in [-0.2, -0.15) is 0 Å². The van der Waals surface area contributed by atoms with Crippen molar-refractivity contribution >= 4 is 49.1 Å². The number of imidazole rings is 1. The number of nitrogens with zero attached hydrogens (tertiary/aromatic N) is 2. The van der Waals surface area contributed by atoms with Crippen molar-refractivity contribution in [3.63, 3.8) is 0 Å². The van der Waals surface area contributed by atoms with Gasteiger partial charge in [0.2, 0.25) is 0 Å². The van der Waals surface area contributed by atoms with Crippen molar-refractivity contribution in [3.05, 3.63) is 18.2 Å². The van der Waals surface area contributed by atoms with Gasteiger partial charge in [0.15, 0.2) is 0 Å². The predicted octanol–water partition coefficient (Wildman–Crippen LogP) is 3.61. The van der Waals surface area contributed by atoms with E-state index >= 15 is 0 Å². The van der Waals surface area contributed by atoms with Crippen molar-refractivity contribution in [1.29, 1.82) is 0 Å². The number of aromatic nitrogens is 2. The van der Waals surface area contributed by atoms with Crippen LogP contribution in [0, 0.1) is 0 Å². The molecule has 0 aromatic carbocycles. The van der Waals surface area contributed by atoms with Gasteiger partial charge in [0, 0.05) is 0 Å². The Morgan fingerprint density at radius 3 is 2.91 bits per heavy atom. The summed E-state index contributed by atoms with van der Waals surface area (Å²) in [6.07, 6.45) is 5.02. The molecule has 1 aromatic heterocycles. The van der Waals surface area contributed by atoms with E-state index in [1.54, 1.807) is 0 Å². The first-order valence-corrected chi connectivity index (χ1v) is 17.3. The van der Waals surface area contributed by atoms with Gasteiger partial charge in [0.05, 0.1) is 0 Å². The van der Waals surface area contributed by atoms with Crippen molar-refractivity contribution in [1.82, 2.24) is 9.55 Å². The van der Waals surface area contributed by atoms with Crippen LogP contribution >= 0.6 is 49.1 Å². The molecule has 2 nitrogen and oxygen atoms in total. The van der Waals surface area contributed by atoms with E-state index in [0.717, 1.165) is 6.42 Å². The Hall–Kier alpha value is 1.40. The summed E-state index contributed by atoms with van der Waals surface area (Å²) in [4.78, 5) is 4.27. The van der Waals surface area contributed by atoms with Crippen molar-refractivity contribution in [2.24, 2.45) is 0 Å². The van der Waals surface area contributed by atoms with Crippen LogP contribution in [0.2, 0.25) is 0 Å². The molecule has 1 heterocycles. The minimum absolute atomic E-state index is 0.694. The SMILES string of the molecule is CCc1nccn1CI(I)I. The number of rotatable bonds is 3. The molecule has 5 heteroatoms. The molecule has 0 spiro atoms. The van der Waals surface area contributed by atoms with E-state index in [9.17, 15) is 0 Å². The molecule has 0 radical (unpaired) electrons. The van der Waals surface area contributed by atoms with E-state index in [4.69, 9.17) is 0 Å². The standard InChI is InChI=1S/C6H9I3N2/c1-2-6-10-3-4-11(6)5-9(7)8/h3-4H,2,5H2,1H3. The summed E-state index contributed by atoms with van der Waals surface area (Å²) in [6.45, 7) is 2.15. The molecule has 0 saturated carbocycles. The fourth-order valence-corrected chi connectivity index (χ4v) is 5.76. The van der Waals surface area contributed by atoms with Crippen LogP contribution in [-0.4, -0.2) is 9.55 Å². The van der Waals surface area contributed by atoms with Gasteiger partial charge in [-0.25, -0.2) is 0 Å². The van der Waals surface area contributed by atoms with E-state index in [0.29, 0.717) is 0 Å². The topological polar surface area (TPSA) is 17.8 Å². The molecule has 64 valence electrons. The van der Waals surface area contributed by atoms with Gasteiger partial charge in [-0.3, -0.25) is 0 Å². The summed E-state index contributed by atoms with van der Waals surface area (Å²) < 4.78 is 3.50. The first-order valence-electron chi connectivity index (χ1n) is 3.23. The summed E-state index contributed by atoms with van der Waals surface area (Å²) in [5.41, 5.74) is 0. The van der Waals surface area contributed by atoms with Gasteiger partial charge >= 0.3 is 94.8 Å². The zero-order chi connectivity index (χ0) is 8.27. The number of alkyl halides is 1. The summed E-state index contributed by atoms with van der Waals surface area (Å²) in [6, 6.07) is 0. The maximum atomic E-state index is 4.27. The van der Waals surface area contributed by atoms with Gasteiger partial charge in [-0.05, 0) is 0 Å². The van der Waals surface area contributed by atoms with Crippen LogP contribution in [0.25, 0.3) is 0 Å². The van der Waals surface area contributed by atoms with Crippen molar-refractivity contribution in [2.75, 3.05) is 0 Å². The van der Waals surface area contributed by atoms with Gasteiger partial charge in [-0.15, -0.1) is 0 Å². The van der Waals surface area contributed by atoms with Crippen LogP contribution in [0.4, 0.5) is 0 Å². The third kappa shape index (κ3) is 3.33. The Morgan fingerprint density at radius 1 is 1.64 bits per heavy atom. The third-order valence-electron chi connectivity index (χ3n) is 1.34. The second-order valence-corrected chi connectivity index (χ2v) is 27.9. The Kier molecular flexibility index (Phi) is 4.95. The molecular formula is C6H9I3N2. The first-order chi connectivity index (χ1) is 5.24. The molecule has 0 amide bonds. The van der Waals surface area contributed by atoms with Gasteiger partial charge in [0.1, 0.15) is 0 Å². The van der Waals surface area contributed by atoms with Crippen molar-refractivity contribution in [2.45, 2.75) is 17.9 Å². The maximum absolute atomic E-state index is 4.27. The molecule has 0 unspecified atom stereocenters. The van der Waals surface area contributed by atoms with Crippen LogP contribution < -0.4 is 0 Å². The number of hydrogen-bond acceptors (Lipinski definition) is 1. The van der Waals surface area contributed by atoms with Crippen molar-refractivity contribution < 1.29 is 0 Å². The fourth-order valence-electron chi connectivity index (χ4n) is 0.861. The predicted molar refractivity (Wildman–Crippen MR) is 73.7 cm³/mol. The molecule has 11 heavy (non-hydrogen) atoms. The average molecular weight is 490 g/mol. The average Bonchev–Trinajstić information content (AvgIpc) is 2.34. The van der Waals surface area contributed by atoms with Crippen LogP contribution in [0.3, 0.4) is 0 Å². The molecule has 0 saturated heterocycles. The summed E-state index contributed by atoms with van der Waals surface area (Å²) in [7, 11) is 0. The Bertz CT molecular complexity index is 221. The van der Waals surface area contributed by atoms with Gasteiger partial charge in [0.25, 0.3) is 0 Å². The van der Waals surface area contributed by atoms with E-state index in [1.165, 1.54) is 10.4 Å². The Balaban J connectivity index is 2.68. The summed E-state index contributed by atoms with van der Waals surface area (Å²) >= 11 is 4.45. The normalized spacial score (nSPS) is 11.7. The second-order valence-electron chi connectivity index (χ2n) is 2.04. The zero-order valence-corrected chi connectivity index (χ0v) is 12.6. The molecule has 0 atom stereocenters. The third-order valence-corrected chi connectivity index (χ3v) is 6.05. The van der Waals surface area contributed by atoms with E-state index in [-0.39, 0.29) is 0 Å². The quantitative estimate of drug-likeness (QED) is 0.468. The van der Waals surface area contributed by atoms with Gasteiger partial charge < -0.3 is 0 Å². The monoisotopic (exact) mass is 490 g/mol. The van der Waals surface area contributed by atoms with Crippen LogP contribution in [0.15, 0.2) is 12.4 Å². The first kappa shape index (κ1) is 10.5. The van der Waals surface area contributed by atoms with Crippen LogP contribution in [-0.2, 0) is 11.0 Å². The zero-order valence-electron chi connectivity index (χ0n) is 6.10. The molecule has 0 aliphatic rings. The summed E-state index contributed by atoms with van der Waals surface area (Å²) in [5.74, 6) is 1.22. The Labute approximate surface area is 93.3 Å². The van der Waals surface area contributed by atoms with Gasteiger partial charge in [-0.1, -0.05) is 0 Å². The van der Waals surface area contributed by atoms with Crippen LogP contribution in [0.5, 0.6) is 0 Å². The number of hydrogen-bond donors (Lipinski definition) is 0. The minimum atomic E-state index is -0.694. The molecule has 0 N–H and O–H groups in total. The Morgan fingerprint density at radius 2 is 2.36 bits per heavy atom. The molecule has 1 aromatic rings. The number of aryl methyl sites for hydroxylation is 1. The second kappa shape index (κ2) is 5.20.